The molecule has 1 aliphatic carbocycles. The molecule has 17 heavy (non-hydrogen) atoms. The first-order valence-electron chi connectivity index (χ1n) is 6.27. The first kappa shape index (κ1) is 12.6. The van der Waals surface area contributed by atoms with Crippen LogP contribution in [0, 0.1) is 12.8 Å². The lowest BCUT2D eigenvalue weighted by molar-refractivity contribution is 0.437. The number of amidine groups is 1. The van der Waals surface area contributed by atoms with E-state index in [0.717, 1.165) is 16.0 Å². The molecule has 0 heterocycles. The highest BCUT2D eigenvalue weighted by Crippen LogP contribution is 2.27. The molecule has 3 heteroatoms. The van der Waals surface area contributed by atoms with Crippen LogP contribution < -0.4 is 5.73 Å². The van der Waals surface area contributed by atoms with Crippen molar-refractivity contribution in [1.29, 1.82) is 0 Å². The van der Waals surface area contributed by atoms with Crippen LogP contribution in [0.1, 0.15) is 37.7 Å². The molecule has 1 fully saturated rings. The first-order valence-corrected chi connectivity index (χ1v) is 7.06. The normalized spacial score (nSPS) is 18.4. The second kappa shape index (κ2) is 5.67. The van der Waals surface area contributed by atoms with Gasteiger partial charge in [-0.2, -0.15) is 0 Å². The molecule has 0 saturated heterocycles. The monoisotopic (exact) mass is 294 g/mol. The third kappa shape index (κ3) is 3.32. The van der Waals surface area contributed by atoms with Crippen LogP contribution in [0.4, 0.5) is 5.69 Å². The van der Waals surface area contributed by atoms with Gasteiger partial charge in [0.2, 0.25) is 0 Å². The quantitative estimate of drug-likeness (QED) is 0.640. The number of nitrogens with two attached hydrogens (primary N) is 1. The topological polar surface area (TPSA) is 38.4 Å². The van der Waals surface area contributed by atoms with Crippen LogP contribution in [0.3, 0.4) is 0 Å². The highest BCUT2D eigenvalue weighted by Gasteiger charge is 2.16. The molecule has 1 aliphatic rings. The minimum absolute atomic E-state index is 0.490. The van der Waals surface area contributed by atoms with Gasteiger partial charge in [-0.25, -0.2) is 4.99 Å². The summed E-state index contributed by atoms with van der Waals surface area (Å²) < 4.78 is 1.09. The molecule has 2 N–H and O–H groups in total. The van der Waals surface area contributed by atoms with Gasteiger partial charge in [0, 0.05) is 10.4 Å². The molecule has 1 aromatic rings. The predicted molar refractivity (Wildman–Crippen MR) is 76.7 cm³/mol. The molecule has 0 radical (unpaired) electrons. The van der Waals surface area contributed by atoms with Crippen LogP contribution in [0.15, 0.2) is 27.7 Å². The Morgan fingerprint density at radius 3 is 2.65 bits per heavy atom. The van der Waals surface area contributed by atoms with Gasteiger partial charge in [0.1, 0.15) is 5.84 Å². The number of benzene rings is 1. The largest absolute Gasteiger partial charge is 0.387 e. The van der Waals surface area contributed by atoms with Crippen LogP contribution in [0.2, 0.25) is 0 Å². The summed E-state index contributed by atoms with van der Waals surface area (Å²) in [6.07, 6.45) is 6.32. The van der Waals surface area contributed by atoms with E-state index in [2.05, 4.69) is 33.9 Å². The summed E-state index contributed by atoms with van der Waals surface area (Å²) in [5.74, 6) is 1.30. The fourth-order valence-electron chi connectivity index (χ4n) is 2.29. The van der Waals surface area contributed by atoms with Crippen molar-refractivity contribution in [2.75, 3.05) is 0 Å². The number of rotatable bonds is 2. The van der Waals surface area contributed by atoms with E-state index in [4.69, 9.17) is 5.73 Å². The van der Waals surface area contributed by atoms with Crippen LogP contribution >= 0.6 is 15.9 Å². The van der Waals surface area contributed by atoms with Crippen molar-refractivity contribution in [1.82, 2.24) is 0 Å². The smallest absolute Gasteiger partial charge is 0.103 e. The van der Waals surface area contributed by atoms with E-state index in [-0.39, 0.29) is 0 Å². The molecule has 0 spiro atoms. The standard InChI is InChI=1S/C14H19BrN2/c1-10-7-8-12(9-13(10)15)17-14(16)11-5-3-2-4-6-11/h7-9,11H,2-6H2,1H3,(H2,16,17). The average molecular weight is 295 g/mol. The van der Waals surface area contributed by atoms with Gasteiger partial charge in [-0.05, 0) is 37.5 Å². The lowest BCUT2D eigenvalue weighted by atomic mass is 9.88. The zero-order valence-corrected chi connectivity index (χ0v) is 11.8. The van der Waals surface area contributed by atoms with E-state index in [0.29, 0.717) is 5.92 Å². The Morgan fingerprint density at radius 1 is 1.29 bits per heavy atom. The highest BCUT2D eigenvalue weighted by atomic mass is 79.9. The van der Waals surface area contributed by atoms with E-state index in [9.17, 15) is 0 Å². The van der Waals surface area contributed by atoms with Gasteiger partial charge in [-0.15, -0.1) is 0 Å². The van der Waals surface area contributed by atoms with Crippen molar-refractivity contribution in [2.24, 2.45) is 16.6 Å². The number of aliphatic imine (C=N–C) groups is 1. The molecular weight excluding hydrogens is 276 g/mol. The fourth-order valence-corrected chi connectivity index (χ4v) is 2.66. The number of hydrogen-bond donors (Lipinski definition) is 1. The maximum absolute atomic E-state index is 6.10. The van der Waals surface area contributed by atoms with E-state index in [1.807, 2.05) is 12.1 Å². The van der Waals surface area contributed by atoms with Crippen molar-refractivity contribution in [3.8, 4) is 0 Å². The second-order valence-electron chi connectivity index (χ2n) is 4.81. The molecule has 0 bridgehead atoms. The van der Waals surface area contributed by atoms with Crippen LogP contribution in [-0.2, 0) is 0 Å². The molecule has 0 atom stereocenters. The van der Waals surface area contributed by atoms with E-state index >= 15 is 0 Å². The SMILES string of the molecule is Cc1ccc(N=C(N)C2CCCCC2)cc1Br. The number of nitrogens with zero attached hydrogens (tertiary/aromatic N) is 1. The fraction of sp³-hybridized carbons (Fsp3) is 0.500. The Labute approximate surface area is 111 Å². The van der Waals surface area contributed by atoms with E-state index in [1.165, 1.54) is 37.7 Å². The van der Waals surface area contributed by atoms with E-state index < -0.39 is 0 Å². The highest BCUT2D eigenvalue weighted by molar-refractivity contribution is 9.10. The van der Waals surface area contributed by atoms with Gasteiger partial charge in [0.15, 0.2) is 0 Å². The Balaban J connectivity index is 2.13. The third-order valence-electron chi connectivity index (χ3n) is 3.44. The third-order valence-corrected chi connectivity index (χ3v) is 4.29. The molecule has 0 amide bonds. The molecule has 92 valence electrons. The Bertz CT molecular complexity index is 420. The Hall–Kier alpha value is -0.830. The molecule has 0 aromatic heterocycles. The number of halogens is 1. The molecule has 2 rings (SSSR count). The summed E-state index contributed by atoms with van der Waals surface area (Å²) in [7, 11) is 0. The van der Waals surface area contributed by atoms with Gasteiger partial charge < -0.3 is 5.73 Å². The summed E-state index contributed by atoms with van der Waals surface area (Å²) in [6, 6.07) is 6.12. The predicted octanol–water partition coefficient (Wildman–Crippen LogP) is 4.33. The molecule has 0 aliphatic heterocycles. The maximum atomic E-state index is 6.10. The number of hydrogen-bond acceptors (Lipinski definition) is 1. The van der Waals surface area contributed by atoms with Gasteiger partial charge in [0.05, 0.1) is 5.69 Å². The Kier molecular flexibility index (Phi) is 4.21. The summed E-state index contributed by atoms with van der Waals surface area (Å²) >= 11 is 3.52. The van der Waals surface area contributed by atoms with Crippen molar-refractivity contribution < 1.29 is 0 Å². The lowest BCUT2D eigenvalue weighted by Gasteiger charge is -2.20. The van der Waals surface area contributed by atoms with Gasteiger partial charge in [-0.1, -0.05) is 41.3 Å². The summed E-state index contributed by atoms with van der Waals surface area (Å²) in [4.78, 5) is 4.55. The van der Waals surface area contributed by atoms with Gasteiger partial charge in [-0.3, -0.25) is 0 Å². The van der Waals surface area contributed by atoms with Crippen molar-refractivity contribution in [3.05, 3.63) is 28.2 Å². The first-order chi connectivity index (χ1) is 8.16. The minimum atomic E-state index is 0.490. The van der Waals surface area contributed by atoms with Crippen LogP contribution in [-0.4, -0.2) is 5.84 Å². The van der Waals surface area contributed by atoms with Crippen molar-refractivity contribution in [3.63, 3.8) is 0 Å². The van der Waals surface area contributed by atoms with Crippen molar-refractivity contribution >= 4 is 27.5 Å². The van der Waals surface area contributed by atoms with Gasteiger partial charge >= 0.3 is 0 Å². The van der Waals surface area contributed by atoms with Crippen LogP contribution in [0.5, 0.6) is 0 Å². The zero-order valence-electron chi connectivity index (χ0n) is 10.2. The molecular formula is C14H19BrN2. The summed E-state index contributed by atoms with van der Waals surface area (Å²) in [5.41, 5.74) is 8.28. The second-order valence-corrected chi connectivity index (χ2v) is 5.66. The molecule has 1 saturated carbocycles. The van der Waals surface area contributed by atoms with Crippen molar-refractivity contribution in [2.45, 2.75) is 39.0 Å². The summed E-state index contributed by atoms with van der Waals surface area (Å²) in [6.45, 7) is 2.07. The van der Waals surface area contributed by atoms with Crippen LogP contribution in [0.25, 0.3) is 0 Å². The lowest BCUT2D eigenvalue weighted by Crippen LogP contribution is -2.25. The molecule has 1 aromatic carbocycles. The Morgan fingerprint density at radius 2 is 2.00 bits per heavy atom. The van der Waals surface area contributed by atoms with E-state index in [1.54, 1.807) is 0 Å². The van der Waals surface area contributed by atoms with Gasteiger partial charge in [0.25, 0.3) is 0 Å². The minimum Gasteiger partial charge on any atom is -0.387 e. The maximum Gasteiger partial charge on any atom is 0.103 e. The molecule has 2 nitrogen and oxygen atoms in total. The zero-order chi connectivity index (χ0) is 12.3. The summed E-state index contributed by atoms with van der Waals surface area (Å²) in [5, 5.41) is 0. The average Bonchev–Trinajstić information content (AvgIpc) is 2.35. The molecule has 0 unspecified atom stereocenters. The number of aryl methyl sites for hydroxylation is 1.